The maximum Gasteiger partial charge on any atom is 0.187 e. The van der Waals surface area contributed by atoms with Gasteiger partial charge < -0.3 is 9.80 Å². The van der Waals surface area contributed by atoms with Gasteiger partial charge in [0.2, 0.25) is 0 Å². The van der Waals surface area contributed by atoms with Crippen molar-refractivity contribution in [1.29, 1.82) is 0 Å². The molecule has 4 heteroatoms. The molecule has 0 fully saturated rings. The van der Waals surface area contributed by atoms with Crippen molar-refractivity contribution in [3.05, 3.63) is 227 Å². The molecule has 0 unspecified atom stereocenters. The van der Waals surface area contributed by atoms with Crippen LogP contribution in [0.1, 0.15) is 76.3 Å². The molecule has 0 N–H and O–H groups in total. The van der Waals surface area contributed by atoms with Gasteiger partial charge in [0.05, 0.1) is 24.5 Å². The van der Waals surface area contributed by atoms with E-state index in [0.29, 0.717) is 11.4 Å². The van der Waals surface area contributed by atoms with Gasteiger partial charge in [0.25, 0.3) is 0 Å². The van der Waals surface area contributed by atoms with Crippen LogP contribution in [0.5, 0.6) is 0 Å². The van der Waals surface area contributed by atoms with Gasteiger partial charge in [0.15, 0.2) is 11.4 Å². The van der Waals surface area contributed by atoms with E-state index in [0.717, 1.165) is 44.9 Å². The van der Waals surface area contributed by atoms with Crippen molar-refractivity contribution >= 4 is 77.8 Å². The Bertz CT molecular complexity index is 3560. The Kier molecular flexibility index (Phi) is 8.90. The lowest BCUT2D eigenvalue weighted by Gasteiger charge is -2.33. The summed E-state index contributed by atoms with van der Waals surface area (Å²) in [7, 11) is 0. The molecule has 4 nitrogen and oxygen atoms in total. The van der Waals surface area contributed by atoms with Gasteiger partial charge >= 0.3 is 0 Å². The van der Waals surface area contributed by atoms with E-state index >= 15 is 0 Å². The van der Waals surface area contributed by atoms with Crippen LogP contribution in [0.15, 0.2) is 176 Å². The fraction of sp³-hybridized carbons (Fsp3) is 0.156. The summed E-state index contributed by atoms with van der Waals surface area (Å²) in [5.74, 6) is 0. The molecule has 2 aliphatic carbocycles. The third-order valence-electron chi connectivity index (χ3n) is 15.1. The summed E-state index contributed by atoms with van der Waals surface area (Å²) in [4.78, 5) is 12.4. The zero-order valence-corrected chi connectivity index (χ0v) is 39.5. The van der Waals surface area contributed by atoms with Crippen molar-refractivity contribution in [3.63, 3.8) is 0 Å². The molecule has 12 rings (SSSR count). The van der Waals surface area contributed by atoms with Gasteiger partial charge in [-0.1, -0.05) is 170 Å². The highest BCUT2D eigenvalue weighted by atomic mass is 15.2. The molecule has 0 saturated carbocycles. The van der Waals surface area contributed by atoms with Gasteiger partial charge in [-0.3, -0.25) is 0 Å². The zero-order chi connectivity index (χ0) is 46.9. The van der Waals surface area contributed by atoms with Crippen molar-refractivity contribution < 1.29 is 0 Å². The minimum atomic E-state index is -0.213. The zero-order valence-electron chi connectivity index (χ0n) is 39.5. The lowest BCUT2D eigenvalue weighted by atomic mass is 9.82. The van der Waals surface area contributed by atoms with Gasteiger partial charge in [0.1, 0.15) is 0 Å². The summed E-state index contributed by atoms with van der Waals surface area (Å²) in [6.07, 6.45) is 0. The van der Waals surface area contributed by atoms with E-state index in [1.54, 1.807) is 0 Å². The third kappa shape index (κ3) is 6.04. The average molecular weight is 875 g/mol. The number of nitrogens with zero attached hydrogens (tertiary/aromatic N) is 4. The van der Waals surface area contributed by atoms with E-state index < -0.39 is 0 Å². The Hall–Kier alpha value is -8.18. The topological polar surface area (TPSA) is 15.2 Å². The molecular weight excluding hydrogens is 825 g/mol. The lowest BCUT2D eigenvalue weighted by Crippen LogP contribution is -2.18. The van der Waals surface area contributed by atoms with E-state index in [1.807, 2.05) is 24.3 Å². The summed E-state index contributed by atoms with van der Waals surface area (Å²) in [6, 6.07) is 64.1. The molecule has 0 radical (unpaired) electrons. The largest absolute Gasteiger partial charge is 0.310 e. The minimum Gasteiger partial charge on any atom is -0.310 e. The van der Waals surface area contributed by atoms with E-state index in [9.17, 15) is 0 Å². The number of benzene rings is 10. The average Bonchev–Trinajstić information content (AvgIpc) is 3.72. The highest BCUT2D eigenvalue weighted by molar-refractivity contribution is 6.29. The van der Waals surface area contributed by atoms with Crippen LogP contribution in [0.3, 0.4) is 0 Å². The Labute approximate surface area is 399 Å². The molecule has 0 heterocycles. The monoisotopic (exact) mass is 874 g/mol. The van der Waals surface area contributed by atoms with Gasteiger partial charge in [-0.25, -0.2) is 9.69 Å². The predicted octanol–water partition coefficient (Wildman–Crippen LogP) is 18.5. The van der Waals surface area contributed by atoms with Crippen LogP contribution < -0.4 is 9.80 Å². The molecule has 0 atom stereocenters. The second kappa shape index (κ2) is 14.7. The van der Waals surface area contributed by atoms with Crippen LogP contribution in [0.4, 0.5) is 45.5 Å². The van der Waals surface area contributed by atoms with Crippen LogP contribution >= 0.6 is 0 Å². The highest BCUT2D eigenvalue weighted by Crippen LogP contribution is 2.55. The molecule has 0 amide bonds. The fourth-order valence-electron chi connectivity index (χ4n) is 11.6. The smallest absolute Gasteiger partial charge is 0.187 e. The molecule has 0 aliphatic heterocycles. The van der Waals surface area contributed by atoms with E-state index in [4.69, 9.17) is 13.1 Å². The summed E-state index contributed by atoms with van der Waals surface area (Å²) < 4.78 is 0. The summed E-state index contributed by atoms with van der Waals surface area (Å²) in [5.41, 5.74) is 18.4. The maximum atomic E-state index is 7.89. The molecule has 326 valence electrons. The van der Waals surface area contributed by atoms with E-state index in [-0.39, 0.29) is 16.2 Å². The van der Waals surface area contributed by atoms with Crippen LogP contribution in [0.2, 0.25) is 0 Å². The Morgan fingerprint density at radius 1 is 0.397 bits per heavy atom. The summed E-state index contributed by atoms with van der Waals surface area (Å²) >= 11 is 0. The Morgan fingerprint density at radius 3 is 1.21 bits per heavy atom. The van der Waals surface area contributed by atoms with Gasteiger partial charge in [-0.05, 0) is 126 Å². The molecule has 0 spiro atoms. The quantitative estimate of drug-likeness (QED) is 0.122. The van der Waals surface area contributed by atoms with Crippen molar-refractivity contribution in [3.8, 4) is 22.3 Å². The normalized spacial score (nSPS) is 14.0. The van der Waals surface area contributed by atoms with E-state index in [1.165, 1.54) is 71.6 Å². The third-order valence-corrected chi connectivity index (χ3v) is 15.1. The van der Waals surface area contributed by atoms with Crippen molar-refractivity contribution in [2.24, 2.45) is 0 Å². The van der Waals surface area contributed by atoms with Crippen LogP contribution in [0, 0.1) is 13.1 Å². The first-order valence-electron chi connectivity index (χ1n) is 23.6. The minimum absolute atomic E-state index is 0.0363. The van der Waals surface area contributed by atoms with Gasteiger partial charge in [-0.2, -0.15) is 0 Å². The van der Waals surface area contributed by atoms with Crippen molar-refractivity contribution in [2.75, 3.05) is 9.80 Å². The van der Waals surface area contributed by atoms with Crippen molar-refractivity contribution in [1.82, 2.24) is 0 Å². The first kappa shape index (κ1) is 41.3. The van der Waals surface area contributed by atoms with Crippen LogP contribution in [-0.2, 0) is 16.2 Å². The molecule has 0 aromatic heterocycles. The number of fused-ring (bicyclic) bond motifs is 6. The molecule has 68 heavy (non-hydrogen) atoms. The first-order chi connectivity index (χ1) is 32.8. The molecular formula is C64H50N4. The summed E-state index contributed by atoms with van der Waals surface area (Å²) in [5, 5.41) is 7.13. The first-order valence-corrected chi connectivity index (χ1v) is 23.6. The number of rotatable bonds is 6. The van der Waals surface area contributed by atoms with Crippen LogP contribution in [0.25, 0.3) is 64.3 Å². The number of hydrogen-bond acceptors (Lipinski definition) is 2. The highest BCUT2D eigenvalue weighted by Gasteiger charge is 2.38. The molecule has 2 aliphatic rings. The lowest BCUT2D eigenvalue weighted by molar-refractivity contribution is 0.591. The molecule has 10 aromatic rings. The van der Waals surface area contributed by atoms with Crippen molar-refractivity contribution in [2.45, 2.75) is 64.7 Å². The SMILES string of the molecule is [C-]#[N+]c1ccc(N(c2ccc3c(c2)C(C)(C)c2ccccc2-3)c2cc(N(c3ccc([N+]#[C-])cc3)c3ccc4c(c3)C(C)(C)c3ccccc3-4)c3ccc4cc(C(C)(C)C)cc5ccc2c3c54)cc1. The number of hydrogen-bond donors (Lipinski definition) is 0. The molecule has 10 aromatic carbocycles. The Morgan fingerprint density at radius 2 is 0.794 bits per heavy atom. The number of anilines is 6. The molecule has 0 bridgehead atoms. The van der Waals surface area contributed by atoms with Gasteiger partial charge in [0, 0.05) is 49.7 Å². The molecule has 0 saturated heterocycles. The second-order valence-corrected chi connectivity index (χ2v) is 20.8. The van der Waals surface area contributed by atoms with Gasteiger partial charge in [-0.15, -0.1) is 0 Å². The second-order valence-electron chi connectivity index (χ2n) is 20.8. The maximum absolute atomic E-state index is 7.89. The fourth-order valence-corrected chi connectivity index (χ4v) is 11.6. The van der Waals surface area contributed by atoms with Crippen LogP contribution in [-0.4, -0.2) is 0 Å². The predicted molar refractivity (Wildman–Crippen MR) is 286 cm³/mol. The van der Waals surface area contributed by atoms with E-state index in [2.05, 4.69) is 220 Å². The standard InChI is InChI=1S/C64H50N4/c1-62(2,3)41-34-39-18-30-52-58(67(44-24-20-42(65-8)21-25-44)46-28-32-50-48-14-10-12-16-54(48)63(4,5)56(50)36-46)38-59(53-31-19-40(35-41)60(39)61(52)53)68(45-26-22-43(66-9)23-27-45)47-29-33-51-49-15-11-13-17-55(49)64(6,7)57(51)37-47/h10-38H,1-7H3. The summed E-state index contributed by atoms with van der Waals surface area (Å²) in [6.45, 7) is 32.0. The Balaban J connectivity index is 1.19.